The number of nitrogens with zero attached hydrogens (tertiary/aromatic N) is 2. The predicted octanol–water partition coefficient (Wildman–Crippen LogP) is 5.83. The van der Waals surface area contributed by atoms with Crippen LogP contribution in [0.5, 0.6) is 0 Å². The molecule has 0 fully saturated rings. The number of hydrogen-bond donors (Lipinski definition) is 1. The Balaban J connectivity index is 1.74. The van der Waals surface area contributed by atoms with E-state index in [0.717, 1.165) is 30.8 Å². The molecule has 0 aliphatic carbocycles. The largest absolute Gasteiger partial charge is 0.391 e. The summed E-state index contributed by atoms with van der Waals surface area (Å²) < 4.78 is 4.04. The summed E-state index contributed by atoms with van der Waals surface area (Å²) in [5.74, 6) is 0. The van der Waals surface area contributed by atoms with Crippen LogP contribution in [0.3, 0.4) is 0 Å². The van der Waals surface area contributed by atoms with Gasteiger partial charge in [0.2, 0.25) is 0 Å². The molecule has 1 N–H and O–H groups in total. The van der Waals surface area contributed by atoms with Gasteiger partial charge < -0.3 is 9.67 Å². The van der Waals surface area contributed by atoms with E-state index >= 15 is 0 Å². The summed E-state index contributed by atoms with van der Waals surface area (Å²) in [6, 6.07) is 18.7. The monoisotopic (exact) mass is 502 g/mol. The number of fused-ring (bicyclic) bond motifs is 3. The van der Waals surface area contributed by atoms with E-state index in [0.29, 0.717) is 12.1 Å². The molecule has 1 unspecified atom stereocenters. The SMILES string of the molecule is O=[N+]([O-])c1ccccc1CC(O)Cn1c2ccc(Br)cc2c2cc(Br)ccc21. The molecule has 28 heavy (non-hydrogen) atoms. The maximum atomic E-state index is 11.2. The Hall–Kier alpha value is -2.22. The van der Waals surface area contributed by atoms with Gasteiger partial charge in [0, 0.05) is 55.3 Å². The molecule has 0 aliphatic rings. The maximum Gasteiger partial charge on any atom is 0.272 e. The number of hydrogen-bond acceptors (Lipinski definition) is 3. The first-order valence-corrected chi connectivity index (χ1v) is 10.3. The molecule has 142 valence electrons. The van der Waals surface area contributed by atoms with Crippen LogP contribution < -0.4 is 0 Å². The van der Waals surface area contributed by atoms with Crippen molar-refractivity contribution in [2.45, 2.75) is 19.1 Å². The number of nitro groups is 1. The minimum absolute atomic E-state index is 0.0385. The highest BCUT2D eigenvalue weighted by Crippen LogP contribution is 2.33. The lowest BCUT2D eigenvalue weighted by molar-refractivity contribution is -0.385. The smallest absolute Gasteiger partial charge is 0.272 e. The van der Waals surface area contributed by atoms with Gasteiger partial charge in [-0.15, -0.1) is 0 Å². The molecule has 4 aromatic rings. The molecule has 0 saturated heterocycles. The van der Waals surface area contributed by atoms with E-state index in [4.69, 9.17) is 0 Å². The number of para-hydroxylation sites is 1. The third-order valence-corrected chi connectivity index (χ3v) is 5.81. The molecule has 1 atom stereocenters. The van der Waals surface area contributed by atoms with E-state index in [-0.39, 0.29) is 12.1 Å². The lowest BCUT2D eigenvalue weighted by atomic mass is 10.1. The first kappa shape index (κ1) is 19.1. The van der Waals surface area contributed by atoms with Crippen molar-refractivity contribution in [3.8, 4) is 0 Å². The van der Waals surface area contributed by atoms with Gasteiger partial charge in [0.1, 0.15) is 0 Å². The summed E-state index contributed by atoms with van der Waals surface area (Å²) in [4.78, 5) is 10.8. The van der Waals surface area contributed by atoms with Crippen molar-refractivity contribution >= 4 is 59.4 Å². The van der Waals surface area contributed by atoms with Crippen LogP contribution >= 0.6 is 31.9 Å². The highest BCUT2D eigenvalue weighted by molar-refractivity contribution is 9.10. The number of benzene rings is 3. The third kappa shape index (κ3) is 3.57. The number of rotatable bonds is 5. The zero-order chi connectivity index (χ0) is 19.8. The Labute approximate surface area is 178 Å². The molecule has 0 radical (unpaired) electrons. The molecule has 5 nitrogen and oxygen atoms in total. The van der Waals surface area contributed by atoms with Crippen molar-refractivity contribution in [1.29, 1.82) is 0 Å². The second-order valence-electron chi connectivity index (χ2n) is 6.68. The fourth-order valence-electron chi connectivity index (χ4n) is 3.64. The van der Waals surface area contributed by atoms with Crippen molar-refractivity contribution in [1.82, 2.24) is 4.57 Å². The molecule has 4 rings (SSSR count). The normalized spacial score (nSPS) is 12.5. The van der Waals surface area contributed by atoms with Gasteiger partial charge in [0.25, 0.3) is 5.69 Å². The second-order valence-corrected chi connectivity index (χ2v) is 8.51. The van der Waals surface area contributed by atoms with Crippen LogP contribution in [0.25, 0.3) is 21.8 Å². The summed E-state index contributed by atoms with van der Waals surface area (Å²) in [5, 5.41) is 24.2. The lowest BCUT2D eigenvalue weighted by Crippen LogP contribution is -2.19. The second kappa shape index (κ2) is 7.66. The van der Waals surface area contributed by atoms with Gasteiger partial charge in [-0.1, -0.05) is 50.1 Å². The van der Waals surface area contributed by atoms with E-state index in [1.165, 1.54) is 6.07 Å². The first-order chi connectivity index (χ1) is 13.4. The summed E-state index contributed by atoms with van der Waals surface area (Å²) in [7, 11) is 0. The highest BCUT2D eigenvalue weighted by atomic mass is 79.9. The molecule has 0 spiro atoms. The number of aromatic nitrogens is 1. The van der Waals surface area contributed by atoms with Gasteiger partial charge in [-0.3, -0.25) is 10.1 Å². The molecular formula is C21H16Br2N2O3. The number of halogens is 2. The fourth-order valence-corrected chi connectivity index (χ4v) is 4.36. The minimum Gasteiger partial charge on any atom is -0.391 e. The van der Waals surface area contributed by atoms with Gasteiger partial charge in [0.05, 0.1) is 11.0 Å². The van der Waals surface area contributed by atoms with Crippen LogP contribution in [0.2, 0.25) is 0 Å². The molecule has 0 bridgehead atoms. The Kier molecular flexibility index (Phi) is 5.23. The lowest BCUT2D eigenvalue weighted by Gasteiger charge is -2.14. The van der Waals surface area contributed by atoms with Gasteiger partial charge in [0.15, 0.2) is 0 Å². The van der Waals surface area contributed by atoms with Gasteiger partial charge >= 0.3 is 0 Å². The topological polar surface area (TPSA) is 68.3 Å². The summed E-state index contributed by atoms with van der Waals surface area (Å²) in [6.07, 6.45) is -0.544. The Morgan fingerprint density at radius 3 is 2.11 bits per heavy atom. The summed E-state index contributed by atoms with van der Waals surface area (Å²) >= 11 is 7.06. The standard InChI is InChI=1S/C21H16Br2N2O3/c22-14-5-7-20-17(10-14)18-11-15(23)6-8-21(18)24(20)12-16(26)9-13-3-1-2-4-19(13)25(27)28/h1-8,10-11,16,26H,9,12H2. The van der Waals surface area contributed by atoms with E-state index in [1.54, 1.807) is 18.2 Å². The van der Waals surface area contributed by atoms with Crippen LogP contribution in [0.1, 0.15) is 5.56 Å². The number of nitro benzene ring substituents is 1. The Morgan fingerprint density at radius 1 is 0.964 bits per heavy atom. The molecule has 3 aromatic carbocycles. The van der Waals surface area contributed by atoms with E-state index in [2.05, 4.69) is 48.6 Å². The summed E-state index contributed by atoms with van der Waals surface area (Å²) in [5.41, 5.74) is 2.60. The highest BCUT2D eigenvalue weighted by Gasteiger charge is 2.19. The molecule has 0 amide bonds. The zero-order valence-electron chi connectivity index (χ0n) is 14.7. The van der Waals surface area contributed by atoms with Crippen LogP contribution in [0.15, 0.2) is 69.6 Å². The van der Waals surface area contributed by atoms with Crippen molar-refractivity contribution in [3.05, 3.63) is 85.3 Å². The molecule has 1 heterocycles. The van der Waals surface area contributed by atoms with Gasteiger partial charge in [-0.25, -0.2) is 0 Å². The fraction of sp³-hybridized carbons (Fsp3) is 0.143. The maximum absolute atomic E-state index is 11.2. The summed E-state index contributed by atoms with van der Waals surface area (Å²) in [6.45, 7) is 0.343. The van der Waals surface area contributed by atoms with Crippen molar-refractivity contribution in [3.63, 3.8) is 0 Å². The van der Waals surface area contributed by atoms with Crippen LogP contribution in [-0.4, -0.2) is 20.7 Å². The van der Waals surface area contributed by atoms with Crippen molar-refractivity contribution in [2.24, 2.45) is 0 Å². The molecular weight excluding hydrogens is 488 g/mol. The predicted molar refractivity (Wildman–Crippen MR) is 118 cm³/mol. The minimum atomic E-state index is -0.757. The van der Waals surface area contributed by atoms with Crippen molar-refractivity contribution in [2.75, 3.05) is 0 Å². The molecule has 0 aliphatic heterocycles. The number of aliphatic hydroxyl groups is 1. The average Bonchev–Trinajstić information content (AvgIpc) is 2.94. The quantitative estimate of drug-likeness (QED) is 0.275. The van der Waals surface area contributed by atoms with E-state index < -0.39 is 11.0 Å². The van der Waals surface area contributed by atoms with E-state index in [9.17, 15) is 15.2 Å². The number of aliphatic hydroxyl groups excluding tert-OH is 1. The Morgan fingerprint density at radius 2 is 1.54 bits per heavy atom. The average molecular weight is 504 g/mol. The third-order valence-electron chi connectivity index (χ3n) is 4.83. The molecule has 1 aromatic heterocycles. The zero-order valence-corrected chi connectivity index (χ0v) is 17.9. The first-order valence-electron chi connectivity index (χ1n) is 8.71. The van der Waals surface area contributed by atoms with Gasteiger partial charge in [-0.05, 0) is 36.4 Å². The van der Waals surface area contributed by atoms with Crippen LogP contribution in [0.4, 0.5) is 5.69 Å². The molecule has 7 heteroatoms. The van der Waals surface area contributed by atoms with E-state index in [1.807, 2.05) is 24.3 Å². The Bertz CT molecular complexity index is 1140. The van der Waals surface area contributed by atoms with Crippen molar-refractivity contribution < 1.29 is 10.0 Å². The molecule has 0 saturated carbocycles. The van der Waals surface area contributed by atoms with Crippen LogP contribution in [-0.2, 0) is 13.0 Å². The van der Waals surface area contributed by atoms with Crippen LogP contribution in [0, 0.1) is 10.1 Å². The van der Waals surface area contributed by atoms with Gasteiger partial charge in [-0.2, -0.15) is 0 Å².